The topological polar surface area (TPSA) is 46.5 Å². The molecule has 1 aromatic carbocycles. The molecular formula is C14H14F4O3. The molecule has 1 aliphatic rings. The second-order valence-corrected chi connectivity index (χ2v) is 5.13. The molecule has 0 unspecified atom stereocenters. The molecule has 21 heavy (non-hydrogen) atoms. The van der Waals surface area contributed by atoms with Gasteiger partial charge in [-0.25, -0.2) is 13.2 Å². The highest BCUT2D eigenvalue weighted by molar-refractivity contribution is 5.72. The monoisotopic (exact) mass is 306 g/mol. The van der Waals surface area contributed by atoms with Crippen molar-refractivity contribution in [1.82, 2.24) is 0 Å². The first-order valence-electron chi connectivity index (χ1n) is 6.39. The molecule has 1 aromatic rings. The Kier molecular flexibility index (Phi) is 4.11. The number of aliphatic carboxylic acids is 1. The third kappa shape index (κ3) is 2.96. The Morgan fingerprint density at radius 1 is 1.38 bits per heavy atom. The fourth-order valence-electron chi connectivity index (χ4n) is 2.81. The van der Waals surface area contributed by atoms with Crippen molar-refractivity contribution in [3.63, 3.8) is 0 Å². The van der Waals surface area contributed by atoms with Gasteiger partial charge < -0.3 is 9.84 Å². The van der Waals surface area contributed by atoms with E-state index in [1.54, 1.807) is 0 Å². The Labute approximate surface area is 118 Å². The number of ether oxygens (including phenoxy) is 1. The van der Waals surface area contributed by atoms with Gasteiger partial charge in [-0.1, -0.05) is 6.07 Å². The fraction of sp³-hybridized carbons (Fsp3) is 0.500. The van der Waals surface area contributed by atoms with Gasteiger partial charge in [-0.05, 0) is 12.5 Å². The molecule has 0 amide bonds. The van der Waals surface area contributed by atoms with Gasteiger partial charge in [0, 0.05) is 24.3 Å². The van der Waals surface area contributed by atoms with Crippen LogP contribution in [0.15, 0.2) is 12.1 Å². The van der Waals surface area contributed by atoms with E-state index in [1.165, 1.54) is 6.07 Å². The number of benzene rings is 1. The summed E-state index contributed by atoms with van der Waals surface area (Å²) >= 11 is 0. The highest BCUT2D eigenvalue weighted by Gasteiger charge is 2.46. The number of carbonyl (C=O) groups is 1. The number of methoxy groups -OCH3 is 1. The Bertz CT molecular complexity index is 559. The van der Waals surface area contributed by atoms with E-state index in [-0.39, 0.29) is 12.0 Å². The molecule has 3 nitrogen and oxygen atoms in total. The quantitative estimate of drug-likeness (QED) is 0.868. The molecule has 0 radical (unpaired) electrons. The van der Waals surface area contributed by atoms with Gasteiger partial charge in [0.15, 0.2) is 11.6 Å². The van der Waals surface area contributed by atoms with Gasteiger partial charge in [0.05, 0.1) is 13.0 Å². The molecule has 1 fully saturated rings. The molecule has 1 N–H and O–H groups in total. The number of alkyl halides is 2. The van der Waals surface area contributed by atoms with Crippen molar-refractivity contribution in [2.45, 2.75) is 31.1 Å². The zero-order valence-electron chi connectivity index (χ0n) is 11.2. The smallest absolute Gasteiger partial charge is 0.307 e. The molecule has 0 heterocycles. The first kappa shape index (κ1) is 15.6. The average Bonchev–Trinajstić information content (AvgIpc) is 2.41. The molecule has 1 aliphatic carbocycles. The summed E-state index contributed by atoms with van der Waals surface area (Å²) in [7, 11) is 1.12. The van der Waals surface area contributed by atoms with Gasteiger partial charge in [0.1, 0.15) is 0 Å². The maximum absolute atomic E-state index is 13.7. The molecule has 1 saturated carbocycles. The third-order valence-electron chi connectivity index (χ3n) is 3.83. The van der Waals surface area contributed by atoms with Crippen molar-refractivity contribution in [1.29, 1.82) is 0 Å². The number of rotatable bonds is 3. The van der Waals surface area contributed by atoms with Crippen LogP contribution in [0.2, 0.25) is 0 Å². The van der Waals surface area contributed by atoms with Gasteiger partial charge >= 0.3 is 5.97 Å². The van der Waals surface area contributed by atoms with Crippen LogP contribution in [0, 0.1) is 17.6 Å². The first-order chi connectivity index (χ1) is 9.76. The number of halogens is 4. The van der Waals surface area contributed by atoms with Crippen LogP contribution < -0.4 is 4.74 Å². The first-order valence-corrected chi connectivity index (χ1v) is 6.39. The van der Waals surface area contributed by atoms with Gasteiger partial charge in [0.25, 0.3) is 0 Å². The van der Waals surface area contributed by atoms with Crippen molar-refractivity contribution in [2.75, 3.05) is 7.11 Å². The van der Waals surface area contributed by atoms with Crippen LogP contribution in [-0.4, -0.2) is 24.1 Å². The van der Waals surface area contributed by atoms with Crippen LogP contribution in [0.25, 0.3) is 0 Å². The van der Waals surface area contributed by atoms with E-state index in [4.69, 9.17) is 9.84 Å². The van der Waals surface area contributed by atoms with Gasteiger partial charge in [-0.2, -0.15) is 4.39 Å². The van der Waals surface area contributed by atoms with Crippen LogP contribution in [-0.2, 0) is 4.79 Å². The van der Waals surface area contributed by atoms with Crippen molar-refractivity contribution >= 4 is 5.97 Å². The summed E-state index contributed by atoms with van der Waals surface area (Å²) in [5.74, 6) is -9.45. The van der Waals surface area contributed by atoms with Gasteiger partial charge in [-0.3, -0.25) is 4.79 Å². The van der Waals surface area contributed by atoms with E-state index in [1.807, 2.05) is 0 Å². The summed E-state index contributed by atoms with van der Waals surface area (Å²) in [5.41, 5.74) is 0.110. The normalized spacial score (nSPS) is 24.6. The van der Waals surface area contributed by atoms with E-state index < -0.39 is 54.0 Å². The van der Waals surface area contributed by atoms with E-state index in [0.717, 1.165) is 13.2 Å². The second-order valence-electron chi connectivity index (χ2n) is 5.13. The lowest BCUT2D eigenvalue weighted by atomic mass is 9.73. The van der Waals surface area contributed by atoms with E-state index in [2.05, 4.69) is 0 Å². The lowest BCUT2D eigenvalue weighted by Crippen LogP contribution is -2.36. The van der Waals surface area contributed by atoms with Crippen molar-refractivity contribution in [3.8, 4) is 5.75 Å². The summed E-state index contributed by atoms with van der Waals surface area (Å²) in [5, 5.41) is 9.15. The predicted molar refractivity (Wildman–Crippen MR) is 65.6 cm³/mol. The minimum Gasteiger partial charge on any atom is -0.493 e. The summed E-state index contributed by atoms with van der Waals surface area (Å²) in [4.78, 5) is 11.2. The molecule has 7 heteroatoms. The predicted octanol–water partition coefficient (Wildman–Crippen LogP) is 3.58. The zero-order chi connectivity index (χ0) is 15.8. The Hall–Kier alpha value is -1.79. The van der Waals surface area contributed by atoms with E-state index >= 15 is 0 Å². The summed E-state index contributed by atoms with van der Waals surface area (Å²) in [6.07, 6.45) is -1.45. The number of carboxylic acids is 1. The molecule has 2 atom stereocenters. The van der Waals surface area contributed by atoms with Crippen LogP contribution in [0.1, 0.15) is 30.7 Å². The molecule has 0 saturated heterocycles. The van der Waals surface area contributed by atoms with Crippen molar-refractivity contribution in [2.24, 2.45) is 5.92 Å². The number of carboxylic acid groups (broad SMARTS) is 1. The molecule has 2 rings (SSSR count). The SMILES string of the molecule is COc1c([C@@H]2CCC(F)(F)C[C@H]2C(=O)O)ccc(F)c1F. The molecule has 0 spiro atoms. The molecular weight excluding hydrogens is 292 g/mol. The highest BCUT2D eigenvalue weighted by atomic mass is 19.3. The minimum absolute atomic E-state index is 0.110. The van der Waals surface area contributed by atoms with Gasteiger partial charge in [0.2, 0.25) is 11.7 Å². The maximum atomic E-state index is 13.7. The molecule has 0 aromatic heterocycles. The lowest BCUT2D eigenvalue weighted by molar-refractivity contribution is -0.150. The number of hydrogen-bond donors (Lipinski definition) is 1. The molecule has 0 bridgehead atoms. The van der Waals surface area contributed by atoms with E-state index in [0.29, 0.717) is 0 Å². The molecule has 116 valence electrons. The lowest BCUT2D eigenvalue weighted by Gasteiger charge is -2.34. The zero-order valence-corrected chi connectivity index (χ0v) is 11.2. The van der Waals surface area contributed by atoms with Crippen LogP contribution >= 0.6 is 0 Å². The average molecular weight is 306 g/mol. The van der Waals surface area contributed by atoms with Crippen LogP contribution in [0.4, 0.5) is 17.6 Å². The second kappa shape index (κ2) is 5.54. The minimum atomic E-state index is -3.06. The van der Waals surface area contributed by atoms with Crippen molar-refractivity contribution in [3.05, 3.63) is 29.3 Å². The maximum Gasteiger partial charge on any atom is 0.307 e. The fourth-order valence-corrected chi connectivity index (χ4v) is 2.81. The Morgan fingerprint density at radius 2 is 2.05 bits per heavy atom. The highest BCUT2D eigenvalue weighted by Crippen LogP contribution is 2.47. The van der Waals surface area contributed by atoms with Crippen molar-refractivity contribution < 1.29 is 32.2 Å². The standard InChI is InChI=1S/C14H14F4O3/c1-21-12-8(2-3-10(15)11(12)16)7-4-5-14(17,18)6-9(7)13(19)20/h2-3,7,9H,4-6H2,1H3,(H,19,20)/t7-,9+/m0/s1. The van der Waals surface area contributed by atoms with Gasteiger partial charge in [-0.15, -0.1) is 0 Å². The number of hydrogen-bond acceptors (Lipinski definition) is 2. The molecule has 0 aliphatic heterocycles. The summed E-state index contributed by atoms with van der Waals surface area (Å²) in [6, 6.07) is 2.04. The van der Waals surface area contributed by atoms with Crippen LogP contribution in [0.3, 0.4) is 0 Å². The Balaban J connectivity index is 2.45. The summed E-state index contributed by atoms with van der Waals surface area (Å²) < 4.78 is 58.5. The largest absolute Gasteiger partial charge is 0.493 e. The summed E-state index contributed by atoms with van der Waals surface area (Å²) in [6.45, 7) is 0. The van der Waals surface area contributed by atoms with Crippen LogP contribution in [0.5, 0.6) is 5.75 Å². The third-order valence-corrected chi connectivity index (χ3v) is 3.83. The van der Waals surface area contributed by atoms with E-state index in [9.17, 15) is 22.4 Å². The Morgan fingerprint density at radius 3 is 2.62 bits per heavy atom.